The summed E-state index contributed by atoms with van der Waals surface area (Å²) in [7, 11) is 0. The van der Waals surface area contributed by atoms with Crippen LogP contribution in [0, 0.1) is 6.92 Å². The van der Waals surface area contributed by atoms with Gasteiger partial charge in [-0.15, -0.1) is 0 Å². The standard InChI is InChI=1S/C16H14BrN3/c1-10-15(18)6-7-16(19-10)20-14-5-3-11-8-13(17)4-2-12(11)9-14/h2-9H,18H2,1H3,(H,19,20). The number of aryl methyl sites for hydroxylation is 1. The highest BCUT2D eigenvalue weighted by molar-refractivity contribution is 9.10. The van der Waals surface area contributed by atoms with Crippen molar-refractivity contribution < 1.29 is 0 Å². The van der Waals surface area contributed by atoms with E-state index in [0.717, 1.165) is 21.7 Å². The summed E-state index contributed by atoms with van der Waals surface area (Å²) in [5.41, 5.74) is 8.33. The maximum atomic E-state index is 5.78. The molecule has 20 heavy (non-hydrogen) atoms. The second-order valence-electron chi connectivity index (χ2n) is 4.70. The molecule has 0 aliphatic heterocycles. The maximum Gasteiger partial charge on any atom is 0.130 e. The third-order valence-electron chi connectivity index (χ3n) is 3.20. The molecule has 0 aliphatic rings. The first-order valence-corrected chi connectivity index (χ1v) is 7.10. The molecule has 4 heteroatoms. The topological polar surface area (TPSA) is 50.9 Å². The number of nitrogens with zero attached hydrogens (tertiary/aromatic N) is 1. The van der Waals surface area contributed by atoms with E-state index in [-0.39, 0.29) is 0 Å². The number of halogens is 1. The Kier molecular flexibility index (Phi) is 3.32. The average Bonchev–Trinajstić information content (AvgIpc) is 2.43. The first kappa shape index (κ1) is 12.9. The van der Waals surface area contributed by atoms with Crippen LogP contribution in [0.5, 0.6) is 0 Å². The lowest BCUT2D eigenvalue weighted by Crippen LogP contribution is -1.98. The highest BCUT2D eigenvalue weighted by atomic mass is 79.9. The Hall–Kier alpha value is -2.07. The van der Waals surface area contributed by atoms with Crippen LogP contribution in [0.3, 0.4) is 0 Å². The number of nitrogens with one attached hydrogen (secondary N) is 1. The van der Waals surface area contributed by atoms with Gasteiger partial charge in [-0.3, -0.25) is 0 Å². The summed E-state index contributed by atoms with van der Waals surface area (Å²) < 4.78 is 1.08. The molecule has 3 aromatic rings. The molecule has 0 spiro atoms. The molecule has 0 radical (unpaired) electrons. The van der Waals surface area contributed by atoms with Crippen molar-refractivity contribution in [2.45, 2.75) is 6.92 Å². The van der Waals surface area contributed by atoms with E-state index in [1.165, 1.54) is 10.8 Å². The monoisotopic (exact) mass is 327 g/mol. The fourth-order valence-electron chi connectivity index (χ4n) is 2.08. The molecule has 1 aromatic heterocycles. The van der Waals surface area contributed by atoms with Crippen molar-refractivity contribution in [3.05, 3.63) is 58.7 Å². The number of hydrogen-bond donors (Lipinski definition) is 2. The molecular weight excluding hydrogens is 314 g/mol. The number of aromatic nitrogens is 1. The number of nitrogens with two attached hydrogens (primary N) is 1. The second-order valence-corrected chi connectivity index (χ2v) is 5.62. The summed E-state index contributed by atoms with van der Waals surface area (Å²) in [5.74, 6) is 0.799. The minimum absolute atomic E-state index is 0.707. The highest BCUT2D eigenvalue weighted by Gasteiger charge is 2.01. The van der Waals surface area contributed by atoms with Crippen molar-refractivity contribution in [2.24, 2.45) is 0 Å². The molecule has 3 rings (SSSR count). The number of nitrogen functional groups attached to an aromatic ring is 1. The lowest BCUT2D eigenvalue weighted by atomic mass is 10.1. The molecule has 0 saturated heterocycles. The Morgan fingerprint density at radius 1 is 1.00 bits per heavy atom. The molecule has 3 nitrogen and oxygen atoms in total. The first-order valence-electron chi connectivity index (χ1n) is 6.31. The number of pyridine rings is 1. The van der Waals surface area contributed by atoms with Crippen molar-refractivity contribution in [1.82, 2.24) is 4.98 Å². The van der Waals surface area contributed by atoms with Crippen LogP contribution in [-0.4, -0.2) is 4.98 Å². The van der Waals surface area contributed by atoms with E-state index in [9.17, 15) is 0 Å². The third kappa shape index (κ3) is 2.60. The lowest BCUT2D eigenvalue weighted by molar-refractivity contribution is 1.20. The largest absolute Gasteiger partial charge is 0.397 e. The maximum absolute atomic E-state index is 5.78. The highest BCUT2D eigenvalue weighted by Crippen LogP contribution is 2.25. The normalized spacial score (nSPS) is 10.7. The van der Waals surface area contributed by atoms with E-state index in [0.29, 0.717) is 5.69 Å². The van der Waals surface area contributed by atoms with Crippen molar-refractivity contribution in [3.8, 4) is 0 Å². The van der Waals surface area contributed by atoms with Crippen molar-refractivity contribution in [2.75, 3.05) is 11.1 Å². The van der Waals surface area contributed by atoms with Gasteiger partial charge in [-0.25, -0.2) is 4.98 Å². The van der Waals surface area contributed by atoms with Crippen LogP contribution >= 0.6 is 15.9 Å². The molecule has 1 heterocycles. The number of anilines is 3. The predicted octanol–water partition coefficient (Wildman–Crippen LogP) is 4.63. The van der Waals surface area contributed by atoms with Crippen LogP contribution in [0.2, 0.25) is 0 Å². The zero-order valence-corrected chi connectivity index (χ0v) is 12.6. The smallest absolute Gasteiger partial charge is 0.130 e. The summed E-state index contributed by atoms with van der Waals surface area (Å²) in [6.45, 7) is 1.90. The van der Waals surface area contributed by atoms with Gasteiger partial charge in [0.15, 0.2) is 0 Å². The minimum Gasteiger partial charge on any atom is -0.397 e. The van der Waals surface area contributed by atoms with E-state index in [1.54, 1.807) is 0 Å². The Morgan fingerprint density at radius 3 is 2.55 bits per heavy atom. The van der Waals surface area contributed by atoms with Crippen LogP contribution in [0.1, 0.15) is 5.69 Å². The molecular formula is C16H14BrN3. The predicted molar refractivity (Wildman–Crippen MR) is 88.3 cm³/mol. The van der Waals surface area contributed by atoms with Crippen LogP contribution in [0.4, 0.5) is 17.2 Å². The number of fused-ring (bicyclic) bond motifs is 1. The SMILES string of the molecule is Cc1nc(Nc2ccc3cc(Br)ccc3c2)ccc1N. The van der Waals surface area contributed by atoms with Gasteiger partial charge in [0.2, 0.25) is 0 Å². The van der Waals surface area contributed by atoms with Gasteiger partial charge in [0.1, 0.15) is 5.82 Å². The molecule has 0 amide bonds. The quantitative estimate of drug-likeness (QED) is 0.721. The molecule has 2 aromatic carbocycles. The first-order chi connectivity index (χ1) is 9.61. The molecule has 0 aliphatic carbocycles. The molecule has 0 saturated carbocycles. The third-order valence-corrected chi connectivity index (χ3v) is 3.69. The fourth-order valence-corrected chi connectivity index (χ4v) is 2.46. The average molecular weight is 328 g/mol. The van der Waals surface area contributed by atoms with Crippen LogP contribution in [0.15, 0.2) is 53.0 Å². The van der Waals surface area contributed by atoms with Gasteiger partial charge in [0, 0.05) is 10.2 Å². The summed E-state index contributed by atoms with van der Waals surface area (Å²) in [5, 5.41) is 5.69. The Labute approximate surface area is 126 Å². The summed E-state index contributed by atoms with van der Waals surface area (Å²) in [6.07, 6.45) is 0. The van der Waals surface area contributed by atoms with E-state index in [4.69, 9.17) is 5.73 Å². The fraction of sp³-hybridized carbons (Fsp3) is 0.0625. The van der Waals surface area contributed by atoms with Crippen molar-refractivity contribution >= 4 is 43.9 Å². The number of benzene rings is 2. The van der Waals surface area contributed by atoms with Gasteiger partial charge < -0.3 is 11.1 Å². The molecule has 0 atom stereocenters. The number of rotatable bonds is 2. The van der Waals surface area contributed by atoms with Crippen LogP contribution in [-0.2, 0) is 0 Å². The lowest BCUT2D eigenvalue weighted by Gasteiger charge is -2.09. The second kappa shape index (κ2) is 5.13. The minimum atomic E-state index is 0.707. The summed E-state index contributed by atoms with van der Waals surface area (Å²) in [4.78, 5) is 4.42. The molecule has 0 fully saturated rings. The Balaban J connectivity index is 1.94. The van der Waals surface area contributed by atoms with Crippen LogP contribution < -0.4 is 11.1 Å². The molecule has 3 N–H and O–H groups in total. The molecule has 0 bridgehead atoms. The van der Waals surface area contributed by atoms with E-state index in [1.807, 2.05) is 31.2 Å². The van der Waals surface area contributed by atoms with Gasteiger partial charge in [0.05, 0.1) is 11.4 Å². The van der Waals surface area contributed by atoms with Gasteiger partial charge >= 0.3 is 0 Å². The number of hydrogen-bond acceptors (Lipinski definition) is 3. The Morgan fingerprint density at radius 2 is 1.75 bits per heavy atom. The van der Waals surface area contributed by atoms with E-state index >= 15 is 0 Å². The van der Waals surface area contributed by atoms with E-state index < -0.39 is 0 Å². The zero-order valence-electron chi connectivity index (χ0n) is 11.0. The van der Waals surface area contributed by atoms with Crippen molar-refractivity contribution in [3.63, 3.8) is 0 Å². The van der Waals surface area contributed by atoms with E-state index in [2.05, 4.69) is 50.5 Å². The van der Waals surface area contributed by atoms with Gasteiger partial charge in [-0.1, -0.05) is 28.1 Å². The molecule has 100 valence electrons. The van der Waals surface area contributed by atoms with Gasteiger partial charge in [-0.05, 0) is 54.1 Å². The van der Waals surface area contributed by atoms with Gasteiger partial charge in [0.25, 0.3) is 0 Å². The summed E-state index contributed by atoms with van der Waals surface area (Å²) >= 11 is 3.48. The molecule has 0 unspecified atom stereocenters. The zero-order chi connectivity index (χ0) is 14.1. The summed E-state index contributed by atoms with van der Waals surface area (Å²) in [6, 6.07) is 16.2. The van der Waals surface area contributed by atoms with Gasteiger partial charge in [-0.2, -0.15) is 0 Å². The Bertz CT molecular complexity index is 784. The van der Waals surface area contributed by atoms with Crippen LogP contribution in [0.25, 0.3) is 10.8 Å². The van der Waals surface area contributed by atoms with Crippen molar-refractivity contribution in [1.29, 1.82) is 0 Å².